The summed E-state index contributed by atoms with van der Waals surface area (Å²) in [5.41, 5.74) is 2.63. The van der Waals surface area contributed by atoms with Crippen LogP contribution in [0.25, 0.3) is 27.9 Å². The third-order valence-corrected chi connectivity index (χ3v) is 6.81. The Morgan fingerprint density at radius 3 is 2.92 bits per heavy atom. The maximum Gasteiger partial charge on any atom is 0.257 e. The first-order valence-electron chi connectivity index (χ1n) is 11.9. The predicted molar refractivity (Wildman–Crippen MR) is 129 cm³/mol. The van der Waals surface area contributed by atoms with Gasteiger partial charge in [-0.25, -0.2) is 14.4 Å². The molecule has 0 radical (unpaired) electrons. The first kappa shape index (κ1) is 22.8. The van der Waals surface area contributed by atoms with Crippen LogP contribution in [0.3, 0.4) is 0 Å². The number of carbonyl (C=O) groups is 1. The number of aliphatic hydroxyl groups excluding tert-OH is 1. The van der Waals surface area contributed by atoms with Gasteiger partial charge < -0.3 is 29.8 Å². The fraction of sp³-hybridized carbons (Fsp3) is 0.417. The Hall–Kier alpha value is -3.61. The Balaban J connectivity index is 1.46. The summed E-state index contributed by atoms with van der Waals surface area (Å²) in [6.07, 6.45) is 3.64. The van der Waals surface area contributed by atoms with Gasteiger partial charge in [-0.05, 0) is 18.6 Å². The number of nitrogens with one attached hydrogen (secondary N) is 2. The van der Waals surface area contributed by atoms with Crippen molar-refractivity contribution in [1.29, 1.82) is 0 Å². The molecule has 188 valence electrons. The highest BCUT2D eigenvalue weighted by molar-refractivity contribution is 6.01. The number of halogens is 1. The molecule has 0 aromatic carbocycles. The maximum absolute atomic E-state index is 14.8. The average Bonchev–Trinajstić information content (AvgIpc) is 3.61. The molecule has 0 spiro atoms. The second-order valence-corrected chi connectivity index (χ2v) is 9.03. The second-order valence-electron chi connectivity index (χ2n) is 9.03. The summed E-state index contributed by atoms with van der Waals surface area (Å²) in [7, 11) is 1.76. The second kappa shape index (κ2) is 9.12. The summed E-state index contributed by atoms with van der Waals surface area (Å²) >= 11 is 0. The van der Waals surface area contributed by atoms with Gasteiger partial charge in [0.2, 0.25) is 0 Å². The molecular formula is C24H26FN7O4. The van der Waals surface area contributed by atoms with E-state index in [1.54, 1.807) is 17.8 Å². The van der Waals surface area contributed by atoms with E-state index in [0.29, 0.717) is 35.8 Å². The van der Waals surface area contributed by atoms with Gasteiger partial charge in [0.05, 0.1) is 49.9 Å². The molecule has 4 aromatic rings. The lowest BCUT2D eigenvalue weighted by molar-refractivity contribution is 0.00443. The van der Waals surface area contributed by atoms with E-state index in [1.165, 1.54) is 6.20 Å². The van der Waals surface area contributed by atoms with E-state index in [0.717, 1.165) is 10.9 Å². The van der Waals surface area contributed by atoms with Crippen LogP contribution in [0.1, 0.15) is 22.8 Å². The van der Waals surface area contributed by atoms with Crippen molar-refractivity contribution < 1.29 is 23.8 Å². The SMILES string of the molecule is CNc1cc(-c2cn([C@@H]3CCOC[C@H]3F)c3ncccc23)nc2c(C(=O)N[C@H]3COC[C@H]3O)cnn12. The number of nitrogens with zero attached hydrogens (tertiary/aromatic N) is 5. The molecule has 3 N–H and O–H groups in total. The number of pyridine rings is 1. The van der Waals surface area contributed by atoms with Crippen molar-refractivity contribution in [3.63, 3.8) is 0 Å². The van der Waals surface area contributed by atoms with E-state index >= 15 is 0 Å². The molecule has 6 heterocycles. The van der Waals surface area contributed by atoms with Crippen LogP contribution in [0.2, 0.25) is 0 Å². The van der Waals surface area contributed by atoms with Crippen molar-refractivity contribution in [1.82, 2.24) is 29.5 Å². The number of fused-ring (bicyclic) bond motifs is 2. The van der Waals surface area contributed by atoms with Crippen molar-refractivity contribution in [2.45, 2.75) is 30.8 Å². The smallest absolute Gasteiger partial charge is 0.257 e. The van der Waals surface area contributed by atoms with Gasteiger partial charge in [0.15, 0.2) is 5.65 Å². The third kappa shape index (κ3) is 3.77. The number of rotatable bonds is 5. The van der Waals surface area contributed by atoms with Gasteiger partial charge in [0, 0.05) is 43.1 Å². The molecule has 0 unspecified atom stereocenters. The average molecular weight is 496 g/mol. The van der Waals surface area contributed by atoms with E-state index in [2.05, 4.69) is 20.7 Å². The van der Waals surface area contributed by atoms with E-state index in [9.17, 15) is 14.3 Å². The number of ether oxygens (including phenoxy) is 2. The van der Waals surface area contributed by atoms with Crippen molar-refractivity contribution >= 4 is 28.4 Å². The molecule has 2 aliphatic rings. The highest BCUT2D eigenvalue weighted by Crippen LogP contribution is 2.35. The molecule has 11 nitrogen and oxygen atoms in total. The van der Waals surface area contributed by atoms with E-state index < -0.39 is 30.3 Å². The minimum Gasteiger partial charge on any atom is -0.388 e. The third-order valence-electron chi connectivity index (χ3n) is 6.81. The minimum atomic E-state index is -1.15. The molecule has 36 heavy (non-hydrogen) atoms. The summed E-state index contributed by atoms with van der Waals surface area (Å²) in [5.74, 6) is 0.218. The van der Waals surface area contributed by atoms with Crippen LogP contribution >= 0.6 is 0 Å². The van der Waals surface area contributed by atoms with Gasteiger partial charge in [-0.15, -0.1) is 0 Å². The molecule has 4 aromatic heterocycles. The molecular weight excluding hydrogens is 469 g/mol. The van der Waals surface area contributed by atoms with Crippen molar-refractivity contribution in [3.05, 3.63) is 42.4 Å². The molecule has 6 rings (SSSR count). The van der Waals surface area contributed by atoms with E-state index in [-0.39, 0.29) is 25.4 Å². The summed E-state index contributed by atoms with van der Waals surface area (Å²) < 4.78 is 28.8. The number of hydrogen-bond donors (Lipinski definition) is 3. The molecule has 2 aliphatic heterocycles. The van der Waals surface area contributed by atoms with Crippen LogP contribution in [0.5, 0.6) is 0 Å². The Bertz CT molecular complexity index is 1440. The molecule has 2 saturated heterocycles. The summed E-state index contributed by atoms with van der Waals surface area (Å²) in [6.45, 7) is 0.948. The van der Waals surface area contributed by atoms with Crippen molar-refractivity contribution in [3.8, 4) is 11.3 Å². The highest BCUT2D eigenvalue weighted by atomic mass is 19.1. The summed E-state index contributed by atoms with van der Waals surface area (Å²) in [5, 5.41) is 21.1. The zero-order valence-electron chi connectivity index (χ0n) is 19.6. The van der Waals surface area contributed by atoms with Crippen molar-refractivity contribution in [2.24, 2.45) is 0 Å². The van der Waals surface area contributed by atoms with Gasteiger partial charge in [0.25, 0.3) is 5.91 Å². The van der Waals surface area contributed by atoms with Gasteiger partial charge in [-0.1, -0.05) is 0 Å². The molecule has 0 bridgehead atoms. The lowest BCUT2D eigenvalue weighted by Crippen LogP contribution is -2.42. The van der Waals surface area contributed by atoms with E-state index in [1.807, 2.05) is 29.0 Å². The minimum absolute atomic E-state index is 0.0512. The topological polar surface area (TPSA) is 128 Å². The van der Waals surface area contributed by atoms with Crippen LogP contribution in [-0.4, -0.2) is 87.0 Å². The van der Waals surface area contributed by atoms with Crippen LogP contribution in [0.4, 0.5) is 10.2 Å². The fourth-order valence-electron chi connectivity index (χ4n) is 4.91. The largest absolute Gasteiger partial charge is 0.388 e. The van der Waals surface area contributed by atoms with Crippen LogP contribution in [-0.2, 0) is 9.47 Å². The van der Waals surface area contributed by atoms with Gasteiger partial charge >= 0.3 is 0 Å². The molecule has 4 atom stereocenters. The van der Waals surface area contributed by atoms with E-state index in [4.69, 9.17) is 14.5 Å². The number of aromatic nitrogens is 5. The summed E-state index contributed by atoms with van der Waals surface area (Å²) in [4.78, 5) is 22.4. The first-order chi connectivity index (χ1) is 17.5. The molecule has 1 amide bonds. The molecule has 12 heteroatoms. The number of anilines is 1. The van der Waals surface area contributed by atoms with Gasteiger partial charge in [-0.2, -0.15) is 9.61 Å². The van der Waals surface area contributed by atoms with Gasteiger partial charge in [0.1, 0.15) is 23.2 Å². The summed E-state index contributed by atoms with van der Waals surface area (Å²) in [6, 6.07) is 4.69. The van der Waals surface area contributed by atoms with Crippen molar-refractivity contribution in [2.75, 3.05) is 38.8 Å². The predicted octanol–water partition coefficient (Wildman–Crippen LogP) is 1.58. The number of amides is 1. The maximum atomic E-state index is 14.8. The Labute approximate surface area is 205 Å². The first-order valence-corrected chi connectivity index (χ1v) is 11.9. The Morgan fingerprint density at radius 2 is 2.14 bits per heavy atom. The zero-order chi connectivity index (χ0) is 24.8. The number of hydrogen-bond acceptors (Lipinski definition) is 8. The number of aliphatic hydroxyl groups is 1. The Kier molecular flexibility index (Phi) is 5.78. The van der Waals surface area contributed by atoms with Crippen LogP contribution < -0.4 is 10.6 Å². The highest BCUT2D eigenvalue weighted by Gasteiger charge is 2.31. The standard InChI is InChI=1S/C24H26FN7O4/c1-26-21-7-17(29-23-14(8-28-32(21)23)24(34)30-18-11-36-12-20(18)33)15-9-31(19-4-6-35-10-16(19)25)22-13(15)3-2-5-27-22/h2-3,5,7-9,16,18-20,26,33H,4,6,10-12H2,1H3,(H,30,34)/t16-,18+,19-,20-/m1/s1. The van der Waals surface area contributed by atoms with Crippen LogP contribution in [0.15, 0.2) is 36.8 Å². The normalized spacial score (nSPS) is 24.4. The fourth-order valence-corrected chi connectivity index (χ4v) is 4.91. The Morgan fingerprint density at radius 1 is 1.25 bits per heavy atom. The zero-order valence-corrected chi connectivity index (χ0v) is 19.6. The van der Waals surface area contributed by atoms with Crippen LogP contribution in [0, 0.1) is 0 Å². The lowest BCUT2D eigenvalue weighted by atomic mass is 10.1. The lowest BCUT2D eigenvalue weighted by Gasteiger charge is -2.27. The molecule has 0 saturated carbocycles. The molecule has 2 fully saturated rings. The number of carbonyl (C=O) groups excluding carboxylic acids is 1. The monoisotopic (exact) mass is 495 g/mol. The van der Waals surface area contributed by atoms with Gasteiger partial charge in [-0.3, -0.25) is 4.79 Å². The quantitative estimate of drug-likeness (QED) is 0.381. The number of alkyl halides is 1. The molecule has 0 aliphatic carbocycles.